The summed E-state index contributed by atoms with van der Waals surface area (Å²) in [5, 5.41) is 0. The summed E-state index contributed by atoms with van der Waals surface area (Å²) in [5.41, 5.74) is 0.241. The maximum atomic E-state index is 12.4. The summed E-state index contributed by atoms with van der Waals surface area (Å²) in [6.45, 7) is 3.45. The highest BCUT2D eigenvalue weighted by Crippen LogP contribution is 2.29. The Kier molecular flexibility index (Phi) is 4.17. The van der Waals surface area contributed by atoms with Crippen LogP contribution in [-0.2, 0) is 19.9 Å². The molecule has 21 heavy (non-hydrogen) atoms. The monoisotopic (exact) mass is 300 g/mol. The number of hydrogen-bond donors (Lipinski definition) is 0. The molecule has 0 bridgehead atoms. The highest BCUT2D eigenvalue weighted by molar-refractivity contribution is 7.86. The molecule has 0 N–H and O–H groups in total. The van der Waals surface area contributed by atoms with Gasteiger partial charge in [0.15, 0.2) is 5.60 Å². The third kappa shape index (κ3) is 3.33. The lowest BCUT2D eigenvalue weighted by Gasteiger charge is -2.23. The SMILES string of the molecule is C#CC(C)(OS(=O)(=O)c1ccc(C)cc1)c1ccccc1. The van der Waals surface area contributed by atoms with Crippen molar-refractivity contribution < 1.29 is 12.6 Å². The Balaban J connectivity index is 2.39. The van der Waals surface area contributed by atoms with Crippen molar-refractivity contribution in [3.05, 3.63) is 65.7 Å². The normalized spacial score (nSPS) is 14.1. The van der Waals surface area contributed by atoms with Crippen LogP contribution in [0.25, 0.3) is 0 Å². The molecule has 2 rings (SSSR count). The standard InChI is InChI=1S/C17H16O3S/c1-4-17(3,15-8-6-5-7-9-15)20-21(18,19)16-12-10-14(2)11-13-16/h1,5-13H,2-3H3. The van der Waals surface area contributed by atoms with Gasteiger partial charge >= 0.3 is 0 Å². The number of aryl methyl sites for hydroxylation is 1. The molecule has 0 amide bonds. The Hall–Kier alpha value is -2.09. The van der Waals surface area contributed by atoms with Gasteiger partial charge in [-0.2, -0.15) is 8.42 Å². The van der Waals surface area contributed by atoms with E-state index in [4.69, 9.17) is 10.6 Å². The average molecular weight is 300 g/mol. The van der Waals surface area contributed by atoms with Crippen molar-refractivity contribution in [1.82, 2.24) is 0 Å². The number of rotatable bonds is 4. The second kappa shape index (κ2) is 5.72. The van der Waals surface area contributed by atoms with Crippen LogP contribution in [0.5, 0.6) is 0 Å². The fourth-order valence-corrected chi connectivity index (χ4v) is 3.03. The van der Waals surface area contributed by atoms with E-state index in [2.05, 4.69) is 5.92 Å². The Labute approximate surface area is 125 Å². The van der Waals surface area contributed by atoms with Crippen molar-refractivity contribution in [2.75, 3.05) is 0 Å². The van der Waals surface area contributed by atoms with Gasteiger partial charge < -0.3 is 0 Å². The zero-order chi connectivity index (χ0) is 15.5. The molecule has 0 heterocycles. The van der Waals surface area contributed by atoms with Gasteiger partial charge in [-0.3, -0.25) is 0 Å². The van der Waals surface area contributed by atoms with Gasteiger partial charge in [0, 0.05) is 0 Å². The lowest BCUT2D eigenvalue weighted by Crippen LogP contribution is -2.27. The zero-order valence-corrected chi connectivity index (χ0v) is 12.7. The molecule has 3 nitrogen and oxygen atoms in total. The highest BCUT2D eigenvalue weighted by atomic mass is 32.2. The van der Waals surface area contributed by atoms with Gasteiger partial charge in [0.2, 0.25) is 0 Å². The molecule has 108 valence electrons. The maximum absolute atomic E-state index is 12.4. The predicted molar refractivity (Wildman–Crippen MR) is 82.1 cm³/mol. The maximum Gasteiger partial charge on any atom is 0.298 e. The van der Waals surface area contributed by atoms with Gasteiger partial charge in [-0.25, -0.2) is 4.18 Å². The van der Waals surface area contributed by atoms with E-state index in [-0.39, 0.29) is 4.90 Å². The van der Waals surface area contributed by atoms with Crippen LogP contribution in [0.1, 0.15) is 18.1 Å². The summed E-state index contributed by atoms with van der Waals surface area (Å²) in [5.74, 6) is 2.43. The fourth-order valence-electron chi connectivity index (χ4n) is 1.88. The topological polar surface area (TPSA) is 43.4 Å². The van der Waals surface area contributed by atoms with Gasteiger partial charge in [-0.1, -0.05) is 53.9 Å². The number of hydrogen-bond acceptors (Lipinski definition) is 3. The van der Waals surface area contributed by atoms with Crippen LogP contribution < -0.4 is 0 Å². The Morgan fingerprint density at radius 3 is 2.14 bits per heavy atom. The summed E-state index contributed by atoms with van der Waals surface area (Å²) < 4.78 is 30.1. The molecule has 1 atom stereocenters. The van der Waals surface area contributed by atoms with Crippen molar-refractivity contribution in [2.24, 2.45) is 0 Å². The van der Waals surface area contributed by atoms with Gasteiger partial charge in [-0.05, 0) is 31.5 Å². The van der Waals surface area contributed by atoms with Crippen molar-refractivity contribution in [1.29, 1.82) is 0 Å². The van der Waals surface area contributed by atoms with E-state index < -0.39 is 15.7 Å². The third-order valence-corrected chi connectivity index (χ3v) is 4.59. The van der Waals surface area contributed by atoms with Crippen molar-refractivity contribution in [3.8, 4) is 12.3 Å². The quantitative estimate of drug-likeness (QED) is 0.643. The molecule has 2 aromatic rings. The van der Waals surface area contributed by atoms with Crippen LogP contribution >= 0.6 is 0 Å². The minimum atomic E-state index is -3.94. The van der Waals surface area contributed by atoms with Crippen LogP contribution in [0.15, 0.2) is 59.5 Å². The lowest BCUT2D eigenvalue weighted by molar-refractivity contribution is 0.161. The van der Waals surface area contributed by atoms with E-state index >= 15 is 0 Å². The number of benzene rings is 2. The second-order valence-electron chi connectivity index (χ2n) is 4.89. The van der Waals surface area contributed by atoms with E-state index in [1.165, 1.54) is 12.1 Å². The first kappa shape index (κ1) is 15.3. The van der Waals surface area contributed by atoms with Crippen LogP contribution in [0.4, 0.5) is 0 Å². The molecule has 1 unspecified atom stereocenters. The van der Waals surface area contributed by atoms with Gasteiger partial charge in [-0.15, -0.1) is 6.42 Å². The lowest BCUT2D eigenvalue weighted by atomic mass is 9.97. The molecule has 0 saturated heterocycles. The first-order chi connectivity index (χ1) is 9.87. The molecule has 0 aliphatic carbocycles. The van der Waals surface area contributed by atoms with E-state index in [1.807, 2.05) is 13.0 Å². The summed E-state index contributed by atoms with van der Waals surface area (Å²) in [7, 11) is -3.94. The van der Waals surface area contributed by atoms with Crippen molar-refractivity contribution >= 4 is 10.1 Å². The molecule has 0 aliphatic rings. The molecule has 0 aromatic heterocycles. The fraction of sp³-hybridized carbons (Fsp3) is 0.176. The molecular formula is C17H16O3S. The zero-order valence-electron chi connectivity index (χ0n) is 11.9. The molecule has 0 saturated carbocycles. The summed E-state index contributed by atoms with van der Waals surface area (Å²) >= 11 is 0. The molecule has 0 radical (unpaired) electrons. The Bertz CT molecular complexity index is 756. The van der Waals surface area contributed by atoms with Gasteiger partial charge in [0.05, 0.1) is 4.90 Å². The van der Waals surface area contributed by atoms with Crippen LogP contribution in [0.3, 0.4) is 0 Å². The van der Waals surface area contributed by atoms with Crippen LogP contribution in [0.2, 0.25) is 0 Å². The molecule has 4 heteroatoms. The Morgan fingerprint density at radius 1 is 1.05 bits per heavy atom. The van der Waals surface area contributed by atoms with E-state index in [0.717, 1.165) is 5.56 Å². The van der Waals surface area contributed by atoms with Gasteiger partial charge in [0.25, 0.3) is 10.1 Å². The first-order valence-corrected chi connectivity index (χ1v) is 7.84. The minimum Gasteiger partial charge on any atom is -0.242 e. The average Bonchev–Trinajstić information content (AvgIpc) is 2.48. The van der Waals surface area contributed by atoms with Crippen LogP contribution in [-0.4, -0.2) is 8.42 Å². The largest absolute Gasteiger partial charge is 0.298 e. The molecule has 0 fully saturated rings. The van der Waals surface area contributed by atoms with Gasteiger partial charge in [0.1, 0.15) is 0 Å². The smallest absolute Gasteiger partial charge is 0.242 e. The summed E-state index contributed by atoms with van der Waals surface area (Å²) in [4.78, 5) is 0.0884. The number of terminal acetylenes is 1. The van der Waals surface area contributed by atoms with Crippen molar-refractivity contribution in [3.63, 3.8) is 0 Å². The summed E-state index contributed by atoms with van der Waals surface area (Å²) in [6.07, 6.45) is 5.51. The Morgan fingerprint density at radius 2 is 1.62 bits per heavy atom. The van der Waals surface area contributed by atoms with E-state index in [1.54, 1.807) is 43.3 Å². The minimum absolute atomic E-state index is 0.0884. The highest BCUT2D eigenvalue weighted by Gasteiger charge is 2.32. The molecule has 0 aliphatic heterocycles. The van der Waals surface area contributed by atoms with E-state index in [0.29, 0.717) is 5.56 Å². The molecule has 2 aromatic carbocycles. The molecule has 0 spiro atoms. The predicted octanol–water partition coefficient (Wildman–Crippen LogP) is 3.25. The molecular weight excluding hydrogens is 284 g/mol. The first-order valence-electron chi connectivity index (χ1n) is 6.43. The van der Waals surface area contributed by atoms with E-state index in [9.17, 15) is 8.42 Å². The van der Waals surface area contributed by atoms with Crippen molar-refractivity contribution in [2.45, 2.75) is 24.3 Å². The second-order valence-corrected chi connectivity index (χ2v) is 6.44. The third-order valence-electron chi connectivity index (χ3n) is 3.19. The van der Waals surface area contributed by atoms with Crippen LogP contribution in [0, 0.1) is 19.3 Å². The summed E-state index contributed by atoms with van der Waals surface area (Å²) in [6, 6.07) is 15.3.